The average Bonchev–Trinajstić information content (AvgIpc) is 3.06. The van der Waals surface area contributed by atoms with E-state index in [9.17, 15) is 18.7 Å². The number of nitrogens with one attached hydrogen (secondary N) is 1. The summed E-state index contributed by atoms with van der Waals surface area (Å²) in [6.07, 6.45) is -3.65. The third-order valence-corrected chi connectivity index (χ3v) is 5.37. The predicted molar refractivity (Wildman–Crippen MR) is 116 cm³/mol. The Morgan fingerprint density at radius 2 is 1.84 bits per heavy atom. The number of aromatic nitrogens is 1. The lowest BCUT2D eigenvalue weighted by Gasteiger charge is -2.26. The molecule has 2 aromatic carbocycles. The number of hydrogen-bond acceptors (Lipinski definition) is 5. The topological polar surface area (TPSA) is 80.7 Å². The predicted octanol–water partition coefficient (Wildman–Crippen LogP) is 5.47. The maximum Gasteiger partial charge on any atom is 0.586 e. The molecule has 0 radical (unpaired) electrons. The Hall–Kier alpha value is -3.68. The van der Waals surface area contributed by atoms with E-state index < -0.39 is 17.7 Å². The van der Waals surface area contributed by atoms with E-state index in [2.05, 4.69) is 19.8 Å². The number of fused-ring (bicyclic) bond motifs is 1. The number of halogens is 2. The Balaban J connectivity index is 1.54. The van der Waals surface area contributed by atoms with Crippen molar-refractivity contribution in [2.45, 2.75) is 32.5 Å². The molecule has 0 bridgehead atoms. The van der Waals surface area contributed by atoms with Gasteiger partial charge in [0.2, 0.25) is 0 Å². The molecule has 0 atom stereocenters. The number of pyridine rings is 1. The number of carbonyl (C=O) groups is 1. The van der Waals surface area contributed by atoms with Gasteiger partial charge < -0.3 is 19.9 Å². The van der Waals surface area contributed by atoms with Gasteiger partial charge in [0.1, 0.15) is 5.82 Å². The van der Waals surface area contributed by atoms with Crippen molar-refractivity contribution in [2.24, 2.45) is 0 Å². The first kappa shape index (κ1) is 21.5. The third-order valence-electron chi connectivity index (χ3n) is 5.37. The highest BCUT2D eigenvalue weighted by atomic mass is 19.3. The molecule has 2 heterocycles. The van der Waals surface area contributed by atoms with E-state index in [1.165, 1.54) is 12.1 Å². The molecule has 0 unspecified atom stereocenters. The van der Waals surface area contributed by atoms with Crippen LogP contribution >= 0.6 is 0 Å². The van der Waals surface area contributed by atoms with Gasteiger partial charge in [-0.1, -0.05) is 38.1 Å². The van der Waals surface area contributed by atoms with Crippen LogP contribution in [0.25, 0.3) is 11.3 Å². The van der Waals surface area contributed by atoms with Crippen LogP contribution in [0.3, 0.4) is 0 Å². The zero-order valence-electron chi connectivity index (χ0n) is 17.8. The summed E-state index contributed by atoms with van der Waals surface area (Å²) in [4.78, 5) is 16.0. The largest absolute Gasteiger partial charge is 0.586 e. The number of ether oxygens (including phenoxy) is 2. The molecule has 1 aromatic heterocycles. The van der Waals surface area contributed by atoms with Crippen LogP contribution < -0.4 is 14.8 Å². The van der Waals surface area contributed by atoms with E-state index in [-0.39, 0.29) is 17.1 Å². The summed E-state index contributed by atoms with van der Waals surface area (Å²) >= 11 is 0. The highest BCUT2D eigenvalue weighted by molar-refractivity contribution is 5.89. The van der Waals surface area contributed by atoms with E-state index in [4.69, 9.17) is 0 Å². The molecular weight excluding hydrogens is 418 g/mol. The Morgan fingerprint density at radius 3 is 2.59 bits per heavy atom. The van der Waals surface area contributed by atoms with Crippen molar-refractivity contribution < 1.29 is 28.2 Å². The van der Waals surface area contributed by atoms with Crippen LogP contribution in [0.1, 0.15) is 35.3 Å². The molecule has 0 saturated heterocycles. The van der Waals surface area contributed by atoms with Crippen LogP contribution in [-0.2, 0) is 5.41 Å². The Labute approximate surface area is 183 Å². The molecule has 0 aliphatic carbocycles. The number of carboxylic acid groups (broad SMARTS) is 1. The molecular formula is C24H22F2N2O4. The Kier molecular flexibility index (Phi) is 5.24. The van der Waals surface area contributed by atoms with Crippen molar-refractivity contribution in [1.82, 2.24) is 4.98 Å². The smallest absolute Gasteiger partial charge is 0.478 e. The van der Waals surface area contributed by atoms with Crippen molar-refractivity contribution in [1.29, 1.82) is 0 Å². The molecule has 8 heteroatoms. The number of hydrogen-bond donors (Lipinski definition) is 2. The minimum Gasteiger partial charge on any atom is -0.478 e. The first-order valence-corrected chi connectivity index (χ1v) is 10.00. The minimum absolute atomic E-state index is 0.00892. The molecule has 0 spiro atoms. The fraction of sp³-hybridized carbons (Fsp3) is 0.250. The van der Waals surface area contributed by atoms with Gasteiger partial charge in [-0.15, -0.1) is 8.78 Å². The van der Waals surface area contributed by atoms with Gasteiger partial charge in [0, 0.05) is 17.5 Å². The quantitative estimate of drug-likeness (QED) is 0.529. The van der Waals surface area contributed by atoms with Crippen molar-refractivity contribution in [3.8, 4) is 22.8 Å². The molecule has 0 fully saturated rings. The number of benzene rings is 2. The minimum atomic E-state index is -3.65. The number of carboxylic acids is 1. The van der Waals surface area contributed by atoms with E-state index in [1.54, 1.807) is 24.3 Å². The van der Waals surface area contributed by atoms with Crippen LogP contribution in [-0.4, -0.2) is 28.9 Å². The standard InChI is InChI=1S/C24H22F2N2O4/c1-14-7-10-20(28-21(14)15-5-4-6-16(11-15)22(29)30)27-13-23(2,3)17-8-9-18-19(12-17)32-24(25,26)31-18/h4-12H,13H2,1-3H3,(H,27,28)(H,29,30). The zero-order valence-corrected chi connectivity index (χ0v) is 17.8. The molecule has 32 heavy (non-hydrogen) atoms. The molecule has 1 aliphatic heterocycles. The number of aromatic carboxylic acids is 1. The number of rotatable bonds is 6. The highest BCUT2D eigenvalue weighted by Gasteiger charge is 2.43. The molecule has 0 saturated carbocycles. The van der Waals surface area contributed by atoms with Crippen LogP contribution in [0.5, 0.6) is 11.5 Å². The van der Waals surface area contributed by atoms with Gasteiger partial charge >= 0.3 is 12.3 Å². The van der Waals surface area contributed by atoms with Crippen molar-refractivity contribution in [2.75, 3.05) is 11.9 Å². The lowest BCUT2D eigenvalue weighted by atomic mass is 9.84. The van der Waals surface area contributed by atoms with Gasteiger partial charge in [-0.2, -0.15) is 0 Å². The molecule has 6 nitrogen and oxygen atoms in total. The van der Waals surface area contributed by atoms with Crippen molar-refractivity contribution in [3.63, 3.8) is 0 Å². The second kappa shape index (κ2) is 7.78. The number of nitrogens with zero attached hydrogens (tertiary/aromatic N) is 1. The first-order chi connectivity index (χ1) is 15.0. The van der Waals surface area contributed by atoms with E-state index >= 15 is 0 Å². The van der Waals surface area contributed by atoms with E-state index in [0.29, 0.717) is 23.6 Å². The molecule has 1 aliphatic rings. The molecule has 4 rings (SSSR count). The highest BCUT2D eigenvalue weighted by Crippen LogP contribution is 2.43. The number of alkyl halides is 2. The van der Waals surface area contributed by atoms with Gasteiger partial charge in [-0.05, 0) is 48.4 Å². The van der Waals surface area contributed by atoms with E-state index in [0.717, 1.165) is 11.1 Å². The molecule has 0 amide bonds. The summed E-state index contributed by atoms with van der Waals surface area (Å²) in [5, 5.41) is 12.6. The van der Waals surface area contributed by atoms with E-state index in [1.807, 2.05) is 39.0 Å². The Morgan fingerprint density at radius 1 is 1.09 bits per heavy atom. The Bertz CT molecular complexity index is 1190. The van der Waals surface area contributed by atoms with Crippen molar-refractivity contribution >= 4 is 11.8 Å². The summed E-state index contributed by atoms with van der Waals surface area (Å²) in [5.74, 6) is -0.362. The first-order valence-electron chi connectivity index (χ1n) is 10.00. The summed E-state index contributed by atoms with van der Waals surface area (Å²) in [7, 11) is 0. The van der Waals surface area contributed by atoms with Gasteiger partial charge in [0.15, 0.2) is 11.5 Å². The van der Waals surface area contributed by atoms with Crippen LogP contribution in [0.2, 0.25) is 0 Å². The summed E-state index contributed by atoms with van der Waals surface area (Å²) in [5.41, 5.74) is 2.85. The monoisotopic (exact) mass is 440 g/mol. The average molecular weight is 440 g/mol. The SMILES string of the molecule is Cc1ccc(NCC(C)(C)c2ccc3c(c2)OC(F)(F)O3)nc1-c1cccc(C(=O)O)c1. The van der Waals surface area contributed by atoms with Crippen molar-refractivity contribution in [3.05, 3.63) is 71.3 Å². The van der Waals surface area contributed by atoms with Crippen LogP contribution in [0.4, 0.5) is 14.6 Å². The normalized spacial score (nSPS) is 14.3. The molecule has 2 N–H and O–H groups in total. The van der Waals surface area contributed by atoms with Crippen LogP contribution in [0, 0.1) is 6.92 Å². The number of aryl methyl sites for hydroxylation is 1. The van der Waals surface area contributed by atoms with Gasteiger partial charge in [-0.3, -0.25) is 0 Å². The second-order valence-electron chi connectivity index (χ2n) is 8.31. The zero-order chi connectivity index (χ0) is 23.1. The van der Waals surface area contributed by atoms with Crippen LogP contribution in [0.15, 0.2) is 54.6 Å². The molecule has 3 aromatic rings. The van der Waals surface area contributed by atoms with Gasteiger partial charge in [0.25, 0.3) is 0 Å². The fourth-order valence-electron chi connectivity index (χ4n) is 3.50. The summed E-state index contributed by atoms with van der Waals surface area (Å²) < 4.78 is 35.7. The summed E-state index contributed by atoms with van der Waals surface area (Å²) in [6.45, 7) is 6.32. The van der Waals surface area contributed by atoms with Gasteiger partial charge in [-0.25, -0.2) is 9.78 Å². The molecule has 166 valence electrons. The fourth-order valence-corrected chi connectivity index (χ4v) is 3.50. The summed E-state index contributed by atoms with van der Waals surface area (Å²) in [6, 6.07) is 15.2. The number of anilines is 1. The van der Waals surface area contributed by atoms with Gasteiger partial charge in [0.05, 0.1) is 11.3 Å². The maximum absolute atomic E-state index is 13.3. The lowest BCUT2D eigenvalue weighted by molar-refractivity contribution is -0.286. The third kappa shape index (κ3) is 4.34. The second-order valence-corrected chi connectivity index (χ2v) is 8.31. The lowest BCUT2D eigenvalue weighted by Crippen LogP contribution is -2.28. The maximum atomic E-state index is 13.3.